The van der Waals surface area contributed by atoms with Gasteiger partial charge in [-0.1, -0.05) is 6.92 Å². The number of sulfonamides is 1. The van der Waals surface area contributed by atoms with E-state index in [0.717, 1.165) is 24.5 Å². The molecule has 1 N–H and O–H groups in total. The molecular formula is C12H20N4O2S. The Morgan fingerprint density at radius 3 is 2.84 bits per heavy atom. The van der Waals surface area contributed by atoms with E-state index in [1.54, 1.807) is 0 Å². The molecule has 6 nitrogen and oxygen atoms in total. The lowest BCUT2D eigenvalue weighted by molar-refractivity contribution is 0.429. The van der Waals surface area contributed by atoms with Gasteiger partial charge < -0.3 is 5.32 Å². The van der Waals surface area contributed by atoms with Crippen LogP contribution in [-0.2, 0) is 16.6 Å². The summed E-state index contributed by atoms with van der Waals surface area (Å²) in [4.78, 5) is 8.69. The van der Waals surface area contributed by atoms with Gasteiger partial charge in [0.25, 0.3) is 0 Å². The van der Waals surface area contributed by atoms with Crippen LogP contribution < -0.4 is 5.32 Å². The molecule has 0 spiro atoms. The van der Waals surface area contributed by atoms with Gasteiger partial charge in [0.2, 0.25) is 10.0 Å². The maximum absolute atomic E-state index is 11.8. The number of aromatic nitrogens is 2. The van der Waals surface area contributed by atoms with Crippen molar-refractivity contribution < 1.29 is 8.42 Å². The van der Waals surface area contributed by atoms with E-state index >= 15 is 0 Å². The predicted octanol–water partition coefficient (Wildman–Crippen LogP) is 1.14. The summed E-state index contributed by atoms with van der Waals surface area (Å²) in [6, 6.07) is 1.87. The summed E-state index contributed by atoms with van der Waals surface area (Å²) in [7, 11) is -3.09. The van der Waals surface area contributed by atoms with Gasteiger partial charge >= 0.3 is 0 Å². The normalized spacial score (nSPS) is 18.6. The van der Waals surface area contributed by atoms with E-state index in [9.17, 15) is 8.42 Å². The fraction of sp³-hybridized carbons (Fsp3) is 0.667. The van der Waals surface area contributed by atoms with Crippen molar-refractivity contribution in [2.24, 2.45) is 0 Å². The maximum atomic E-state index is 11.8. The maximum Gasteiger partial charge on any atom is 0.214 e. The highest BCUT2D eigenvalue weighted by Crippen LogP contribution is 2.16. The second-order valence-electron chi connectivity index (χ2n) is 4.74. The zero-order valence-corrected chi connectivity index (χ0v) is 12.2. The van der Waals surface area contributed by atoms with Crippen molar-refractivity contribution in [1.29, 1.82) is 0 Å². The monoisotopic (exact) mass is 284 g/mol. The van der Waals surface area contributed by atoms with Crippen LogP contribution in [0.5, 0.6) is 0 Å². The molecule has 1 aliphatic rings. The van der Waals surface area contributed by atoms with Crippen LogP contribution in [0.4, 0.5) is 5.82 Å². The van der Waals surface area contributed by atoms with Gasteiger partial charge in [0.1, 0.15) is 11.6 Å². The molecule has 7 heteroatoms. The summed E-state index contributed by atoms with van der Waals surface area (Å²) < 4.78 is 25.0. The Hall–Kier alpha value is -1.21. The Morgan fingerprint density at radius 1 is 1.42 bits per heavy atom. The third kappa shape index (κ3) is 3.63. The van der Waals surface area contributed by atoms with Gasteiger partial charge in [-0.15, -0.1) is 0 Å². The van der Waals surface area contributed by atoms with Crippen LogP contribution in [0, 0.1) is 6.92 Å². The van der Waals surface area contributed by atoms with E-state index in [4.69, 9.17) is 0 Å². The van der Waals surface area contributed by atoms with Crippen molar-refractivity contribution in [3.8, 4) is 0 Å². The van der Waals surface area contributed by atoms with E-state index in [0.29, 0.717) is 18.8 Å². The van der Waals surface area contributed by atoms with Crippen LogP contribution in [0.1, 0.15) is 31.3 Å². The molecule has 19 heavy (non-hydrogen) atoms. The standard InChI is InChI=1S/C12H20N4O2S/c1-3-5-13-11-8-10(2)14-12(15-11)9-16-6-4-7-19(16,17)18/h8H,3-7,9H2,1-2H3,(H,13,14,15). The van der Waals surface area contributed by atoms with E-state index < -0.39 is 10.0 Å². The molecule has 0 bridgehead atoms. The number of nitrogens with zero attached hydrogens (tertiary/aromatic N) is 3. The molecule has 0 unspecified atom stereocenters. The third-order valence-electron chi connectivity index (χ3n) is 2.98. The predicted molar refractivity (Wildman–Crippen MR) is 74.4 cm³/mol. The average molecular weight is 284 g/mol. The van der Waals surface area contributed by atoms with Gasteiger partial charge in [-0.2, -0.15) is 4.31 Å². The molecule has 0 atom stereocenters. The first-order valence-corrected chi connectivity index (χ1v) is 8.18. The van der Waals surface area contributed by atoms with Crippen LogP contribution in [-0.4, -0.2) is 41.5 Å². The van der Waals surface area contributed by atoms with Crippen LogP contribution >= 0.6 is 0 Å². The molecular weight excluding hydrogens is 264 g/mol. The molecule has 2 heterocycles. The van der Waals surface area contributed by atoms with Gasteiger partial charge in [-0.05, 0) is 19.8 Å². The Bertz CT molecular complexity index is 545. The summed E-state index contributed by atoms with van der Waals surface area (Å²) in [6.45, 7) is 5.65. The summed E-state index contributed by atoms with van der Waals surface area (Å²) >= 11 is 0. The summed E-state index contributed by atoms with van der Waals surface area (Å²) in [5.74, 6) is 1.56. The molecule has 0 aromatic carbocycles. The number of rotatable bonds is 5. The first kappa shape index (κ1) is 14.2. The molecule has 2 rings (SSSR count). The third-order valence-corrected chi connectivity index (χ3v) is 4.88. The zero-order valence-electron chi connectivity index (χ0n) is 11.4. The Kier molecular flexibility index (Phi) is 4.36. The second-order valence-corrected chi connectivity index (χ2v) is 6.83. The number of nitrogens with one attached hydrogen (secondary N) is 1. The topological polar surface area (TPSA) is 75.2 Å². The van der Waals surface area contributed by atoms with Crippen LogP contribution in [0.25, 0.3) is 0 Å². The molecule has 1 aliphatic heterocycles. The molecule has 0 radical (unpaired) electrons. The number of anilines is 1. The number of hydrogen-bond acceptors (Lipinski definition) is 5. The van der Waals surface area contributed by atoms with Crippen LogP contribution in [0.2, 0.25) is 0 Å². The molecule has 1 aromatic heterocycles. The minimum absolute atomic E-state index is 0.236. The van der Waals surface area contributed by atoms with Gasteiger partial charge in [0.05, 0.1) is 12.3 Å². The second kappa shape index (κ2) is 5.83. The van der Waals surface area contributed by atoms with E-state index in [-0.39, 0.29) is 12.3 Å². The lowest BCUT2D eigenvalue weighted by atomic mass is 10.4. The van der Waals surface area contributed by atoms with E-state index in [1.807, 2.05) is 13.0 Å². The highest BCUT2D eigenvalue weighted by atomic mass is 32.2. The Morgan fingerprint density at radius 2 is 2.21 bits per heavy atom. The molecule has 1 fully saturated rings. The van der Waals surface area contributed by atoms with Crippen molar-refractivity contribution in [2.45, 2.75) is 33.2 Å². The zero-order chi connectivity index (χ0) is 13.9. The Balaban J connectivity index is 2.13. The molecule has 0 saturated carbocycles. The van der Waals surface area contributed by atoms with Crippen molar-refractivity contribution >= 4 is 15.8 Å². The fourth-order valence-corrected chi connectivity index (χ4v) is 3.54. The van der Waals surface area contributed by atoms with Gasteiger partial charge in [0.15, 0.2) is 0 Å². The minimum Gasteiger partial charge on any atom is -0.370 e. The lowest BCUT2D eigenvalue weighted by Crippen LogP contribution is -2.26. The van der Waals surface area contributed by atoms with Crippen molar-refractivity contribution in [1.82, 2.24) is 14.3 Å². The van der Waals surface area contributed by atoms with Crippen molar-refractivity contribution in [2.75, 3.05) is 24.2 Å². The van der Waals surface area contributed by atoms with Crippen molar-refractivity contribution in [3.05, 3.63) is 17.6 Å². The first-order valence-electron chi connectivity index (χ1n) is 6.57. The van der Waals surface area contributed by atoms with Crippen LogP contribution in [0.3, 0.4) is 0 Å². The van der Waals surface area contributed by atoms with Gasteiger partial charge in [-0.25, -0.2) is 18.4 Å². The van der Waals surface area contributed by atoms with E-state index in [2.05, 4.69) is 22.2 Å². The molecule has 0 aliphatic carbocycles. The fourth-order valence-electron chi connectivity index (χ4n) is 2.07. The molecule has 106 valence electrons. The van der Waals surface area contributed by atoms with Gasteiger partial charge in [-0.3, -0.25) is 0 Å². The van der Waals surface area contributed by atoms with Crippen molar-refractivity contribution in [3.63, 3.8) is 0 Å². The number of hydrogen-bond donors (Lipinski definition) is 1. The smallest absolute Gasteiger partial charge is 0.214 e. The average Bonchev–Trinajstić information content (AvgIpc) is 2.65. The summed E-state index contributed by atoms with van der Waals surface area (Å²) in [5.41, 5.74) is 0.847. The van der Waals surface area contributed by atoms with Crippen LogP contribution in [0.15, 0.2) is 6.07 Å². The minimum atomic E-state index is -3.09. The van der Waals surface area contributed by atoms with Gasteiger partial charge in [0, 0.05) is 24.8 Å². The molecule has 1 saturated heterocycles. The Labute approximate surface area is 114 Å². The lowest BCUT2D eigenvalue weighted by Gasteiger charge is -2.14. The molecule has 1 aromatic rings. The molecule has 0 amide bonds. The largest absolute Gasteiger partial charge is 0.370 e. The highest BCUT2D eigenvalue weighted by Gasteiger charge is 2.28. The first-order chi connectivity index (χ1) is 9.01. The highest BCUT2D eigenvalue weighted by molar-refractivity contribution is 7.89. The summed E-state index contributed by atoms with van der Waals surface area (Å²) in [6.07, 6.45) is 1.70. The number of aryl methyl sites for hydroxylation is 1. The quantitative estimate of drug-likeness (QED) is 0.877. The van der Waals surface area contributed by atoms with E-state index in [1.165, 1.54) is 4.31 Å². The SMILES string of the molecule is CCCNc1cc(C)nc(CN2CCCS2(=O)=O)n1. The summed E-state index contributed by atoms with van der Waals surface area (Å²) in [5, 5.41) is 3.20.